The van der Waals surface area contributed by atoms with Crippen LogP contribution in [0.15, 0.2) is 18.2 Å². The Bertz CT molecular complexity index is 637. The third-order valence-corrected chi connectivity index (χ3v) is 2.81. The molecule has 1 heterocycles. The first-order chi connectivity index (χ1) is 8.84. The minimum atomic E-state index is -3.25. The van der Waals surface area contributed by atoms with E-state index in [1.807, 2.05) is 0 Å². The molecule has 0 atom stereocenters. The number of hydrogen-bond donors (Lipinski definition) is 2. The van der Waals surface area contributed by atoms with Crippen LogP contribution in [0.3, 0.4) is 0 Å². The van der Waals surface area contributed by atoms with Gasteiger partial charge in [0.1, 0.15) is 12.4 Å². The van der Waals surface area contributed by atoms with Crippen LogP contribution >= 0.6 is 0 Å². The monoisotopic (exact) mass is 270 g/mol. The third-order valence-electron chi connectivity index (χ3n) is 2.81. The van der Waals surface area contributed by atoms with Gasteiger partial charge in [0, 0.05) is 0 Å². The fourth-order valence-electron chi connectivity index (χ4n) is 1.86. The smallest absolute Gasteiger partial charge is 0.335 e. The number of carbonyl (C=O) groups is 1. The van der Waals surface area contributed by atoms with Gasteiger partial charge in [-0.3, -0.25) is 0 Å². The molecule has 0 aliphatic heterocycles. The molecule has 1 aromatic carbocycles. The van der Waals surface area contributed by atoms with E-state index in [4.69, 9.17) is 10.2 Å². The zero-order valence-corrected chi connectivity index (χ0v) is 10.1. The Morgan fingerprint density at radius 1 is 1.47 bits per heavy atom. The van der Waals surface area contributed by atoms with E-state index in [0.29, 0.717) is 16.9 Å². The van der Waals surface area contributed by atoms with Gasteiger partial charge < -0.3 is 14.8 Å². The summed E-state index contributed by atoms with van der Waals surface area (Å²) in [6, 6.07) is 4.10. The topological polar surface area (TPSA) is 75.3 Å². The van der Waals surface area contributed by atoms with E-state index in [1.165, 1.54) is 22.8 Å². The quantitative estimate of drug-likeness (QED) is 0.886. The predicted molar refractivity (Wildman–Crippen MR) is 63.5 cm³/mol. The van der Waals surface area contributed by atoms with Crippen LogP contribution in [-0.2, 0) is 6.54 Å². The highest BCUT2D eigenvalue weighted by Gasteiger charge is 2.29. The number of carboxylic acids is 1. The number of alkyl halides is 2. The van der Waals surface area contributed by atoms with Crippen LogP contribution in [0.25, 0.3) is 11.0 Å². The molecule has 2 N–H and O–H groups in total. The molecule has 1 aromatic heterocycles. The van der Waals surface area contributed by atoms with E-state index in [0.717, 1.165) is 0 Å². The summed E-state index contributed by atoms with van der Waals surface area (Å²) in [7, 11) is 0. The lowest BCUT2D eigenvalue weighted by Gasteiger charge is -2.15. The van der Waals surface area contributed by atoms with Crippen molar-refractivity contribution in [2.75, 3.05) is 6.61 Å². The summed E-state index contributed by atoms with van der Waals surface area (Å²) in [6.07, 6.45) is 0. The van der Waals surface area contributed by atoms with E-state index in [-0.39, 0.29) is 5.56 Å². The van der Waals surface area contributed by atoms with Gasteiger partial charge in [0.05, 0.1) is 23.1 Å². The van der Waals surface area contributed by atoms with E-state index in [9.17, 15) is 13.6 Å². The van der Waals surface area contributed by atoms with Gasteiger partial charge in [-0.05, 0) is 25.1 Å². The highest BCUT2D eigenvalue weighted by Crippen LogP contribution is 2.23. The minimum absolute atomic E-state index is 0.0473. The number of carboxylic acid groups (broad SMARTS) is 1. The van der Waals surface area contributed by atoms with E-state index < -0.39 is 25.0 Å². The molecule has 0 bridgehead atoms. The molecule has 5 nitrogen and oxygen atoms in total. The van der Waals surface area contributed by atoms with Gasteiger partial charge in [0.25, 0.3) is 5.92 Å². The first-order valence-electron chi connectivity index (χ1n) is 5.53. The molecule has 0 radical (unpaired) electrons. The molecule has 0 saturated carbocycles. The van der Waals surface area contributed by atoms with Crippen LogP contribution < -0.4 is 0 Å². The summed E-state index contributed by atoms with van der Waals surface area (Å²) >= 11 is 0. The Hall–Kier alpha value is -2.02. The molecular formula is C12H12F2N2O3. The van der Waals surface area contributed by atoms with Crippen LogP contribution in [0.5, 0.6) is 0 Å². The van der Waals surface area contributed by atoms with Crippen molar-refractivity contribution in [3.8, 4) is 0 Å². The number of rotatable bonds is 4. The van der Waals surface area contributed by atoms with Gasteiger partial charge in [0.2, 0.25) is 0 Å². The van der Waals surface area contributed by atoms with Crippen molar-refractivity contribution in [1.82, 2.24) is 9.55 Å². The lowest BCUT2D eigenvalue weighted by Crippen LogP contribution is -2.28. The number of fused-ring (bicyclic) bond motifs is 1. The number of aryl methyl sites for hydroxylation is 1. The van der Waals surface area contributed by atoms with Gasteiger partial charge in [-0.1, -0.05) is 0 Å². The Labute approximate surface area is 107 Å². The third kappa shape index (κ3) is 2.55. The molecular weight excluding hydrogens is 258 g/mol. The second-order valence-electron chi connectivity index (χ2n) is 4.27. The summed E-state index contributed by atoms with van der Waals surface area (Å²) in [4.78, 5) is 14.9. The normalized spacial score (nSPS) is 12.0. The molecule has 0 spiro atoms. The van der Waals surface area contributed by atoms with Crippen LogP contribution in [0.1, 0.15) is 16.2 Å². The highest BCUT2D eigenvalue weighted by atomic mass is 19.3. The molecule has 0 unspecified atom stereocenters. The Morgan fingerprint density at radius 2 is 2.16 bits per heavy atom. The summed E-state index contributed by atoms with van der Waals surface area (Å²) in [5.74, 6) is -4.01. The maximum Gasteiger partial charge on any atom is 0.335 e. The Morgan fingerprint density at radius 3 is 2.74 bits per heavy atom. The number of nitrogens with zero attached hydrogens (tertiary/aromatic N) is 2. The second kappa shape index (κ2) is 4.58. The van der Waals surface area contributed by atoms with Crippen molar-refractivity contribution in [3.05, 3.63) is 29.6 Å². The molecule has 102 valence electrons. The van der Waals surface area contributed by atoms with Crippen LogP contribution in [0.4, 0.5) is 8.78 Å². The molecule has 7 heteroatoms. The number of halogens is 2. The van der Waals surface area contributed by atoms with Gasteiger partial charge in [0.15, 0.2) is 0 Å². The molecule has 2 aromatic rings. The molecule has 0 fully saturated rings. The summed E-state index contributed by atoms with van der Waals surface area (Å²) in [5, 5.41) is 17.5. The lowest BCUT2D eigenvalue weighted by molar-refractivity contribution is -0.0624. The molecule has 0 aliphatic rings. The van der Waals surface area contributed by atoms with Crippen LogP contribution in [0, 0.1) is 6.92 Å². The van der Waals surface area contributed by atoms with E-state index >= 15 is 0 Å². The molecule has 0 amide bonds. The number of hydrogen-bond acceptors (Lipinski definition) is 3. The van der Waals surface area contributed by atoms with Crippen molar-refractivity contribution in [3.63, 3.8) is 0 Å². The number of imidazole rings is 1. The van der Waals surface area contributed by atoms with Gasteiger partial charge in [-0.25, -0.2) is 18.6 Å². The number of aromatic carboxylic acids is 1. The maximum absolute atomic E-state index is 13.2. The number of aromatic nitrogens is 2. The summed E-state index contributed by atoms with van der Waals surface area (Å²) < 4.78 is 27.7. The zero-order valence-electron chi connectivity index (χ0n) is 10.1. The lowest BCUT2D eigenvalue weighted by atomic mass is 10.2. The fraction of sp³-hybridized carbons (Fsp3) is 0.333. The largest absolute Gasteiger partial charge is 0.478 e. The average molecular weight is 270 g/mol. The van der Waals surface area contributed by atoms with Crippen molar-refractivity contribution in [2.45, 2.75) is 19.4 Å². The first kappa shape index (κ1) is 13.4. The standard InChI is InChI=1S/C12H12F2N2O3/c1-7-15-9-4-8(11(18)19)2-3-10(9)16(7)5-12(13,14)6-17/h2-4,17H,5-6H2,1H3,(H,18,19). The van der Waals surface area contributed by atoms with Crippen molar-refractivity contribution < 1.29 is 23.8 Å². The molecule has 0 saturated heterocycles. The number of aliphatic hydroxyl groups excluding tert-OH is 1. The van der Waals surface area contributed by atoms with Crippen LogP contribution in [-0.4, -0.2) is 38.3 Å². The van der Waals surface area contributed by atoms with Crippen LogP contribution in [0.2, 0.25) is 0 Å². The summed E-state index contributed by atoms with van der Waals surface area (Å²) in [5.41, 5.74) is 0.799. The summed E-state index contributed by atoms with van der Waals surface area (Å²) in [6.45, 7) is -0.397. The molecule has 19 heavy (non-hydrogen) atoms. The minimum Gasteiger partial charge on any atom is -0.478 e. The van der Waals surface area contributed by atoms with Crippen molar-refractivity contribution in [1.29, 1.82) is 0 Å². The van der Waals surface area contributed by atoms with Crippen molar-refractivity contribution >= 4 is 17.0 Å². The van der Waals surface area contributed by atoms with E-state index in [2.05, 4.69) is 4.98 Å². The highest BCUT2D eigenvalue weighted by molar-refractivity contribution is 5.92. The van der Waals surface area contributed by atoms with Gasteiger partial charge in [-0.15, -0.1) is 0 Å². The van der Waals surface area contributed by atoms with E-state index in [1.54, 1.807) is 6.92 Å². The maximum atomic E-state index is 13.2. The number of benzene rings is 1. The second-order valence-corrected chi connectivity index (χ2v) is 4.27. The average Bonchev–Trinajstić information content (AvgIpc) is 2.65. The SMILES string of the molecule is Cc1nc2cc(C(=O)O)ccc2n1CC(F)(F)CO. The predicted octanol–water partition coefficient (Wildman–Crippen LogP) is 1.67. The van der Waals surface area contributed by atoms with Gasteiger partial charge >= 0.3 is 5.97 Å². The van der Waals surface area contributed by atoms with Gasteiger partial charge in [-0.2, -0.15) is 0 Å². The fourth-order valence-corrected chi connectivity index (χ4v) is 1.86. The number of aliphatic hydroxyl groups is 1. The molecule has 2 rings (SSSR count). The first-order valence-corrected chi connectivity index (χ1v) is 5.53. The zero-order chi connectivity index (χ0) is 14.2. The van der Waals surface area contributed by atoms with Crippen molar-refractivity contribution in [2.24, 2.45) is 0 Å². The Kier molecular flexibility index (Phi) is 3.23. The Balaban J connectivity index is 2.51. The molecule has 0 aliphatic carbocycles.